The second-order valence-corrected chi connectivity index (χ2v) is 7.09. The zero-order chi connectivity index (χ0) is 18.2. The minimum atomic E-state index is -0.757. The Hall–Kier alpha value is -1.91. The lowest BCUT2D eigenvalue weighted by molar-refractivity contribution is -0.155. The van der Waals surface area contributed by atoms with E-state index in [9.17, 15) is 14.4 Å². The van der Waals surface area contributed by atoms with Gasteiger partial charge in [0.15, 0.2) is 0 Å². The number of hydrogen-bond acceptors (Lipinski definition) is 5. The van der Waals surface area contributed by atoms with E-state index in [0.29, 0.717) is 0 Å². The molecule has 2 rings (SSSR count). The number of carbonyl (C=O) groups excluding carboxylic acids is 3. The fraction of sp³-hybridized carbons (Fsp3) is 0.650. The lowest BCUT2D eigenvalue weighted by Gasteiger charge is -2.24. The van der Waals surface area contributed by atoms with Gasteiger partial charge in [0.25, 0.3) is 0 Å². The molecule has 0 aliphatic heterocycles. The molecular weight excluding hydrogens is 320 g/mol. The van der Waals surface area contributed by atoms with Crippen LogP contribution >= 0.6 is 0 Å². The molecule has 0 aromatic carbocycles. The first-order valence-electron chi connectivity index (χ1n) is 9.31. The third kappa shape index (κ3) is 6.15. The molecule has 5 heteroatoms. The summed E-state index contributed by atoms with van der Waals surface area (Å²) in [5.41, 5.74) is 0.413. The molecule has 25 heavy (non-hydrogen) atoms. The summed E-state index contributed by atoms with van der Waals surface area (Å²) in [5, 5.41) is 0. The van der Waals surface area contributed by atoms with E-state index in [4.69, 9.17) is 9.47 Å². The molecule has 0 aromatic rings. The van der Waals surface area contributed by atoms with Crippen LogP contribution in [0.5, 0.6) is 0 Å². The smallest absolute Gasteiger partial charge is 0.342 e. The first kappa shape index (κ1) is 19.4. The van der Waals surface area contributed by atoms with Crippen molar-refractivity contribution in [2.75, 3.05) is 0 Å². The second-order valence-electron chi connectivity index (χ2n) is 7.09. The maximum Gasteiger partial charge on any atom is 0.342 e. The van der Waals surface area contributed by atoms with Gasteiger partial charge in [-0.2, -0.15) is 0 Å². The molecule has 0 saturated heterocycles. The van der Waals surface area contributed by atoms with Gasteiger partial charge in [0.1, 0.15) is 6.10 Å². The molecule has 0 amide bonds. The molecule has 2 aliphatic rings. The molecule has 2 aliphatic carbocycles. The van der Waals surface area contributed by atoms with E-state index in [0.717, 1.165) is 57.8 Å². The summed E-state index contributed by atoms with van der Waals surface area (Å²) in [6, 6.07) is 0. The third-order valence-corrected chi connectivity index (χ3v) is 4.92. The van der Waals surface area contributed by atoms with Gasteiger partial charge in [-0.1, -0.05) is 32.3 Å². The van der Waals surface area contributed by atoms with Crippen LogP contribution in [0.4, 0.5) is 0 Å². The standard InChI is InChI=1S/C20H28O5/c1-14(2)19(22)25-20(23)17(15-9-5-3-6-10-15)13-18(21)24-16-11-7-4-8-12-16/h13,15-16H,1,3-12H2,2H3/b17-13-. The summed E-state index contributed by atoms with van der Waals surface area (Å²) < 4.78 is 10.4. The minimum absolute atomic E-state index is 0.0573. The Morgan fingerprint density at radius 3 is 2.00 bits per heavy atom. The van der Waals surface area contributed by atoms with E-state index in [1.165, 1.54) is 19.4 Å². The van der Waals surface area contributed by atoms with Gasteiger partial charge in [-0.15, -0.1) is 0 Å². The lowest BCUT2D eigenvalue weighted by Crippen LogP contribution is -2.24. The van der Waals surface area contributed by atoms with Crippen LogP contribution < -0.4 is 0 Å². The van der Waals surface area contributed by atoms with E-state index in [1.807, 2.05) is 0 Å². The topological polar surface area (TPSA) is 69.7 Å². The van der Waals surface area contributed by atoms with Crippen molar-refractivity contribution in [3.8, 4) is 0 Å². The van der Waals surface area contributed by atoms with Crippen LogP contribution in [0.2, 0.25) is 0 Å². The van der Waals surface area contributed by atoms with Gasteiger partial charge in [0.05, 0.1) is 0 Å². The quantitative estimate of drug-likeness (QED) is 0.426. The van der Waals surface area contributed by atoms with Crippen molar-refractivity contribution in [3.63, 3.8) is 0 Å². The largest absolute Gasteiger partial charge is 0.459 e. The number of ether oxygens (including phenoxy) is 2. The molecule has 0 atom stereocenters. The first-order chi connectivity index (χ1) is 12.0. The number of esters is 3. The average Bonchev–Trinajstić information content (AvgIpc) is 2.61. The predicted octanol–water partition coefficient (Wildman–Crippen LogP) is 4.01. The molecule has 0 heterocycles. The van der Waals surface area contributed by atoms with Crippen molar-refractivity contribution in [1.29, 1.82) is 0 Å². The summed E-state index contributed by atoms with van der Waals surface area (Å²) in [6.07, 6.45) is 11.0. The molecule has 0 spiro atoms. The Morgan fingerprint density at radius 1 is 0.880 bits per heavy atom. The third-order valence-electron chi connectivity index (χ3n) is 4.92. The van der Waals surface area contributed by atoms with E-state index in [-0.39, 0.29) is 23.2 Å². The molecule has 5 nitrogen and oxygen atoms in total. The van der Waals surface area contributed by atoms with Gasteiger partial charge in [0, 0.05) is 17.2 Å². The Labute approximate surface area is 149 Å². The summed E-state index contributed by atoms with van der Waals surface area (Å²) in [6.45, 7) is 4.96. The van der Waals surface area contributed by atoms with Crippen molar-refractivity contribution in [3.05, 3.63) is 23.8 Å². The summed E-state index contributed by atoms with van der Waals surface area (Å²) in [7, 11) is 0. The zero-order valence-corrected chi connectivity index (χ0v) is 15.1. The highest BCUT2D eigenvalue weighted by Gasteiger charge is 2.28. The minimum Gasteiger partial charge on any atom is -0.459 e. The van der Waals surface area contributed by atoms with Crippen LogP contribution in [0.15, 0.2) is 23.8 Å². The number of hydrogen-bond donors (Lipinski definition) is 0. The fourth-order valence-electron chi connectivity index (χ4n) is 3.50. The van der Waals surface area contributed by atoms with E-state index < -0.39 is 17.9 Å². The lowest BCUT2D eigenvalue weighted by atomic mass is 9.83. The van der Waals surface area contributed by atoms with Gasteiger partial charge in [-0.25, -0.2) is 14.4 Å². The van der Waals surface area contributed by atoms with Gasteiger partial charge < -0.3 is 9.47 Å². The van der Waals surface area contributed by atoms with Crippen molar-refractivity contribution in [2.45, 2.75) is 77.2 Å². The number of rotatable bonds is 5. The maximum absolute atomic E-state index is 12.4. The van der Waals surface area contributed by atoms with Gasteiger partial charge in [-0.3, -0.25) is 0 Å². The molecule has 2 fully saturated rings. The zero-order valence-electron chi connectivity index (χ0n) is 15.1. The SMILES string of the molecule is C=C(C)C(=O)OC(=O)/C(=C\C(=O)OC1CCCCC1)C1CCCCC1. The molecule has 0 bridgehead atoms. The molecule has 0 aromatic heterocycles. The highest BCUT2D eigenvalue weighted by molar-refractivity contribution is 6.04. The van der Waals surface area contributed by atoms with Crippen LogP contribution in [0.25, 0.3) is 0 Å². The van der Waals surface area contributed by atoms with Crippen LogP contribution in [-0.2, 0) is 23.9 Å². The van der Waals surface area contributed by atoms with Crippen molar-refractivity contribution in [2.24, 2.45) is 5.92 Å². The van der Waals surface area contributed by atoms with E-state index >= 15 is 0 Å². The van der Waals surface area contributed by atoms with Crippen molar-refractivity contribution in [1.82, 2.24) is 0 Å². The molecule has 2 saturated carbocycles. The average molecular weight is 348 g/mol. The molecule has 138 valence electrons. The highest BCUT2D eigenvalue weighted by Crippen LogP contribution is 2.31. The van der Waals surface area contributed by atoms with Gasteiger partial charge >= 0.3 is 17.9 Å². The monoisotopic (exact) mass is 348 g/mol. The molecule has 0 N–H and O–H groups in total. The van der Waals surface area contributed by atoms with Crippen LogP contribution in [0.1, 0.15) is 71.1 Å². The Morgan fingerprint density at radius 2 is 1.44 bits per heavy atom. The summed E-state index contributed by atoms with van der Waals surface area (Å²) >= 11 is 0. The van der Waals surface area contributed by atoms with Crippen LogP contribution in [0, 0.1) is 5.92 Å². The Bertz CT molecular complexity index is 548. The molecule has 0 unspecified atom stereocenters. The molecule has 0 radical (unpaired) electrons. The van der Waals surface area contributed by atoms with Gasteiger partial charge in [-0.05, 0) is 51.4 Å². The summed E-state index contributed by atoms with van der Waals surface area (Å²) in [5.74, 6) is -2.07. The fourth-order valence-corrected chi connectivity index (χ4v) is 3.50. The van der Waals surface area contributed by atoms with Crippen LogP contribution in [-0.4, -0.2) is 24.0 Å². The highest BCUT2D eigenvalue weighted by atomic mass is 16.6. The van der Waals surface area contributed by atoms with Gasteiger partial charge in [0.2, 0.25) is 0 Å². The van der Waals surface area contributed by atoms with E-state index in [2.05, 4.69) is 6.58 Å². The summed E-state index contributed by atoms with van der Waals surface area (Å²) in [4.78, 5) is 36.4. The first-order valence-corrected chi connectivity index (χ1v) is 9.31. The van der Waals surface area contributed by atoms with E-state index in [1.54, 1.807) is 0 Å². The second kappa shape index (κ2) is 9.54. The number of carbonyl (C=O) groups is 3. The maximum atomic E-state index is 12.4. The normalized spacial score (nSPS) is 20.0. The Kier molecular flexibility index (Phi) is 7.41. The van der Waals surface area contributed by atoms with Crippen LogP contribution in [0.3, 0.4) is 0 Å². The van der Waals surface area contributed by atoms with Crippen molar-refractivity contribution < 1.29 is 23.9 Å². The Balaban J connectivity index is 2.08. The van der Waals surface area contributed by atoms with Crippen molar-refractivity contribution >= 4 is 17.9 Å². The predicted molar refractivity (Wildman–Crippen MR) is 93.5 cm³/mol. The molecular formula is C20H28O5.